The summed E-state index contributed by atoms with van der Waals surface area (Å²) in [6.45, 7) is 7.96. The van der Waals surface area contributed by atoms with Crippen LogP contribution < -0.4 is 10.4 Å². The number of hydrogen-bond acceptors (Lipinski definition) is 2. The lowest BCUT2D eigenvalue weighted by molar-refractivity contribution is 0.143. The van der Waals surface area contributed by atoms with E-state index in [2.05, 4.69) is 87.5 Å². The van der Waals surface area contributed by atoms with Crippen LogP contribution in [0.1, 0.15) is 52.9 Å². The first-order valence-electron chi connectivity index (χ1n) is 11.3. The molecule has 0 amide bonds. The molecule has 0 N–H and O–H groups in total. The molecule has 2 bridgehead atoms. The van der Waals surface area contributed by atoms with Gasteiger partial charge in [0.1, 0.15) is 0 Å². The third kappa shape index (κ3) is 3.67. The van der Waals surface area contributed by atoms with Crippen molar-refractivity contribution in [3.63, 3.8) is 0 Å². The largest absolute Gasteiger partial charge is 0.505 e. The van der Waals surface area contributed by atoms with E-state index in [0.29, 0.717) is 10.8 Å². The fourth-order valence-electron chi connectivity index (χ4n) is 6.03. The van der Waals surface area contributed by atoms with E-state index >= 15 is 0 Å². The van der Waals surface area contributed by atoms with Crippen LogP contribution in [0.3, 0.4) is 0 Å². The van der Waals surface area contributed by atoms with Crippen LogP contribution in [-0.4, -0.2) is 22.0 Å². The summed E-state index contributed by atoms with van der Waals surface area (Å²) in [5, 5.41) is 2.79. The van der Waals surface area contributed by atoms with Gasteiger partial charge in [0.05, 0.1) is 13.4 Å². The number of fused-ring (bicyclic) bond motifs is 2. The Bertz CT molecular complexity index is 819. The molecule has 0 unspecified atom stereocenters. The molecule has 2 saturated carbocycles. The summed E-state index contributed by atoms with van der Waals surface area (Å²) >= 11 is 0. The van der Waals surface area contributed by atoms with Crippen LogP contribution in [0.25, 0.3) is 0 Å². The molecule has 0 aliphatic heterocycles. The van der Waals surface area contributed by atoms with Crippen LogP contribution in [-0.2, 0) is 9.16 Å². The number of hydrogen-bond donors (Lipinski definition) is 0. The molecule has 0 atom stereocenters. The van der Waals surface area contributed by atoms with Crippen molar-refractivity contribution in [1.29, 1.82) is 0 Å². The van der Waals surface area contributed by atoms with Crippen molar-refractivity contribution in [1.82, 2.24) is 0 Å². The van der Waals surface area contributed by atoms with Gasteiger partial charge in [0.2, 0.25) is 0 Å². The Morgan fingerprint density at radius 2 is 1.40 bits per heavy atom. The average Bonchev–Trinajstić information content (AvgIpc) is 3.30. The molecule has 2 aliphatic carbocycles. The molecule has 30 heavy (non-hydrogen) atoms. The fourth-order valence-corrected chi connectivity index (χ4v) is 10.7. The Labute approximate surface area is 183 Å². The quantitative estimate of drug-likeness (QED) is 0.424. The molecule has 2 aromatic rings. The molecule has 0 heterocycles. The van der Waals surface area contributed by atoms with Gasteiger partial charge in [0, 0.05) is 6.61 Å². The van der Waals surface area contributed by atoms with Crippen LogP contribution in [0.4, 0.5) is 0 Å². The van der Waals surface area contributed by atoms with Crippen LogP contribution in [0.5, 0.6) is 0 Å². The molecule has 160 valence electrons. The van der Waals surface area contributed by atoms with E-state index in [4.69, 9.17) is 9.16 Å². The summed E-state index contributed by atoms with van der Waals surface area (Å²) in [7, 11) is -0.708. The molecule has 0 saturated heterocycles. The van der Waals surface area contributed by atoms with Crippen molar-refractivity contribution < 1.29 is 9.16 Å². The van der Waals surface area contributed by atoms with Crippen molar-refractivity contribution in [3.8, 4) is 0 Å². The van der Waals surface area contributed by atoms with Crippen molar-refractivity contribution in [3.05, 3.63) is 73.0 Å². The molecule has 0 aromatic heterocycles. The van der Waals surface area contributed by atoms with Gasteiger partial charge >= 0.3 is 0 Å². The second-order valence-corrected chi connectivity index (χ2v) is 14.8. The molecule has 2 aromatic carbocycles. The summed E-state index contributed by atoms with van der Waals surface area (Å²) in [4.78, 5) is 0. The Hall–Kier alpha value is -1.84. The minimum absolute atomic E-state index is 0.0383. The standard InChI is InChI=1S/C27H36O2Si/c1-25(2,3)30(23-11-7-5-8-12-23,24-13-9-6-10-14-24)29-22-27-17-15-26(21-27,16-18-27)19-20-28-4/h5-14,19-20H,15-18,21-22H2,1-4H3. The summed E-state index contributed by atoms with van der Waals surface area (Å²) in [6, 6.07) is 22.0. The van der Waals surface area contributed by atoms with E-state index in [1.54, 1.807) is 7.11 Å². The number of allylic oxidation sites excluding steroid dienone is 1. The Morgan fingerprint density at radius 1 is 0.867 bits per heavy atom. The number of methoxy groups -OCH3 is 1. The van der Waals surface area contributed by atoms with Gasteiger partial charge < -0.3 is 9.16 Å². The third-order valence-corrected chi connectivity index (χ3v) is 12.6. The summed E-state index contributed by atoms with van der Waals surface area (Å²) in [6.07, 6.45) is 10.5. The first-order chi connectivity index (χ1) is 14.3. The number of ether oxygens (including phenoxy) is 1. The Balaban J connectivity index is 1.69. The maximum absolute atomic E-state index is 7.30. The highest BCUT2D eigenvalue weighted by molar-refractivity contribution is 6.99. The molecule has 0 radical (unpaired) electrons. The van der Waals surface area contributed by atoms with E-state index in [-0.39, 0.29) is 5.04 Å². The van der Waals surface area contributed by atoms with E-state index in [1.165, 1.54) is 42.5 Å². The zero-order valence-corrected chi connectivity index (χ0v) is 20.0. The van der Waals surface area contributed by atoms with Gasteiger partial charge in [-0.05, 0) is 64.4 Å². The Kier molecular flexibility index (Phi) is 5.71. The molecule has 2 aliphatic rings. The van der Waals surface area contributed by atoms with Gasteiger partial charge in [-0.15, -0.1) is 0 Å². The second kappa shape index (κ2) is 8.01. The topological polar surface area (TPSA) is 18.5 Å². The SMILES string of the molecule is COC=CC12CCC(CO[Si](c3ccccc3)(c3ccccc3)C(C)(C)C)(CC1)C2. The lowest BCUT2D eigenvalue weighted by atomic mass is 9.82. The van der Waals surface area contributed by atoms with Crippen molar-refractivity contribution in [2.24, 2.45) is 10.8 Å². The summed E-state index contributed by atoms with van der Waals surface area (Å²) < 4.78 is 12.6. The molecule has 0 spiro atoms. The fraction of sp³-hybridized carbons (Fsp3) is 0.481. The predicted molar refractivity (Wildman–Crippen MR) is 128 cm³/mol. The zero-order valence-electron chi connectivity index (χ0n) is 19.0. The van der Waals surface area contributed by atoms with Crippen LogP contribution in [0.2, 0.25) is 5.04 Å². The molecular formula is C27H36O2Si. The van der Waals surface area contributed by atoms with E-state index in [9.17, 15) is 0 Å². The second-order valence-electron chi connectivity index (χ2n) is 10.5. The van der Waals surface area contributed by atoms with E-state index < -0.39 is 8.32 Å². The van der Waals surface area contributed by atoms with Gasteiger partial charge in [-0.1, -0.05) is 81.4 Å². The Morgan fingerprint density at radius 3 is 1.87 bits per heavy atom. The highest BCUT2D eigenvalue weighted by Gasteiger charge is 2.56. The highest BCUT2D eigenvalue weighted by Crippen LogP contribution is 2.62. The molecular weight excluding hydrogens is 384 g/mol. The molecule has 3 heteroatoms. The monoisotopic (exact) mass is 420 g/mol. The predicted octanol–water partition coefficient (Wildman–Crippen LogP) is 5.67. The average molecular weight is 421 g/mol. The maximum Gasteiger partial charge on any atom is 0.261 e. The van der Waals surface area contributed by atoms with Crippen molar-refractivity contribution in [2.45, 2.75) is 57.9 Å². The van der Waals surface area contributed by atoms with E-state index in [0.717, 1.165) is 6.61 Å². The van der Waals surface area contributed by atoms with Crippen LogP contribution in [0.15, 0.2) is 73.0 Å². The lowest BCUT2D eigenvalue weighted by Crippen LogP contribution is -2.67. The van der Waals surface area contributed by atoms with Gasteiger partial charge in [0.25, 0.3) is 8.32 Å². The first-order valence-corrected chi connectivity index (χ1v) is 13.2. The number of rotatable bonds is 7. The lowest BCUT2D eigenvalue weighted by Gasteiger charge is -2.45. The van der Waals surface area contributed by atoms with E-state index in [1.807, 2.05) is 6.26 Å². The third-order valence-electron chi connectivity index (χ3n) is 7.60. The summed E-state index contributed by atoms with van der Waals surface area (Å²) in [5.74, 6) is 0. The van der Waals surface area contributed by atoms with Gasteiger partial charge in [0.15, 0.2) is 0 Å². The van der Waals surface area contributed by atoms with Gasteiger partial charge in [-0.3, -0.25) is 0 Å². The maximum atomic E-state index is 7.30. The molecule has 2 nitrogen and oxygen atoms in total. The van der Waals surface area contributed by atoms with Gasteiger partial charge in [-0.2, -0.15) is 0 Å². The van der Waals surface area contributed by atoms with Gasteiger partial charge in [-0.25, -0.2) is 0 Å². The molecule has 2 fully saturated rings. The smallest absolute Gasteiger partial charge is 0.261 e. The number of benzene rings is 2. The minimum atomic E-state index is -2.45. The molecule has 4 rings (SSSR count). The van der Waals surface area contributed by atoms with Crippen molar-refractivity contribution >= 4 is 18.7 Å². The van der Waals surface area contributed by atoms with Crippen LogP contribution in [0, 0.1) is 10.8 Å². The first kappa shape index (κ1) is 21.4. The van der Waals surface area contributed by atoms with Crippen molar-refractivity contribution in [2.75, 3.05) is 13.7 Å². The summed E-state index contributed by atoms with van der Waals surface area (Å²) in [5.41, 5.74) is 0.635. The highest BCUT2D eigenvalue weighted by atomic mass is 28.4. The zero-order chi connectivity index (χ0) is 21.3. The normalized spacial score (nSPS) is 26.4. The van der Waals surface area contributed by atoms with Crippen LogP contribution >= 0.6 is 0 Å². The minimum Gasteiger partial charge on any atom is -0.505 e.